The standard InChI is InChI=1S/C11H14N2/c1-10(8-12)9-13(2)11-6-4-3-5-7-11/h3-7,10H,9H2,1-2H3. The normalized spacial score (nSPS) is 11.8. The first-order valence-corrected chi connectivity index (χ1v) is 4.40. The fraction of sp³-hybridized carbons (Fsp3) is 0.364. The van der Waals surface area contributed by atoms with Gasteiger partial charge in [0.1, 0.15) is 0 Å². The van der Waals surface area contributed by atoms with Gasteiger partial charge in [-0.2, -0.15) is 5.26 Å². The summed E-state index contributed by atoms with van der Waals surface area (Å²) in [4.78, 5) is 2.09. The number of rotatable bonds is 3. The number of para-hydroxylation sites is 1. The molecule has 13 heavy (non-hydrogen) atoms. The van der Waals surface area contributed by atoms with E-state index in [-0.39, 0.29) is 5.92 Å². The van der Waals surface area contributed by atoms with Crippen molar-refractivity contribution < 1.29 is 0 Å². The molecule has 68 valence electrons. The van der Waals surface area contributed by atoms with E-state index in [1.807, 2.05) is 44.3 Å². The molecule has 0 heterocycles. The Morgan fingerprint density at radius 3 is 2.54 bits per heavy atom. The first-order chi connectivity index (χ1) is 6.24. The third-order valence-electron chi connectivity index (χ3n) is 1.97. The monoisotopic (exact) mass is 174 g/mol. The van der Waals surface area contributed by atoms with Crippen molar-refractivity contribution in [1.82, 2.24) is 0 Å². The van der Waals surface area contributed by atoms with Crippen LogP contribution in [0.1, 0.15) is 6.92 Å². The Morgan fingerprint density at radius 1 is 1.38 bits per heavy atom. The molecule has 0 bridgehead atoms. The number of benzene rings is 1. The number of nitriles is 1. The van der Waals surface area contributed by atoms with Crippen LogP contribution < -0.4 is 4.90 Å². The minimum Gasteiger partial charge on any atom is -0.373 e. The lowest BCUT2D eigenvalue weighted by atomic mass is 10.2. The summed E-state index contributed by atoms with van der Waals surface area (Å²) >= 11 is 0. The van der Waals surface area contributed by atoms with Crippen LogP contribution in [0.25, 0.3) is 0 Å². The highest BCUT2D eigenvalue weighted by Gasteiger charge is 2.04. The maximum Gasteiger partial charge on any atom is 0.0671 e. The molecule has 1 unspecified atom stereocenters. The molecule has 0 amide bonds. The second-order valence-corrected chi connectivity index (χ2v) is 3.25. The van der Waals surface area contributed by atoms with E-state index in [9.17, 15) is 0 Å². The van der Waals surface area contributed by atoms with Crippen molar-refractivity contribution in [2.75, 3.05) is 18.5 Å². The number of anilines is 1. The van der Waals surface area contributed by atoms with Gasteiger partial charge in [-0.05, 0) is 19.1 Å². The molecule has 1 atom stereocenters. The summed E-state index contributed by atoms with van der Waals surface area (Å²) in [7, 11) is 2.00. The van der Waals surface area contributed by atoms with E-state index in [1.54, 1.807) is 0 Å². The van der Waals surface area contributed by atoms with Gasteiger partial charge in [0.2, 0.25) is 0 Å². The van der Waals surface area contributed by atoms with Gasteiger partial charge in [0, 0.05) is 19.3 Å². The average Bonchev–Trinajstić information content (AvgIpc) is 2.19. The minimum absolute atomic E-state index is 0.0743. The van der Waals surface area contributed by atoms with Crippen molar-refractivity contribution in [3.8, 4) is 6.07 Å². The first-order valence-electron chi connectivity index (χ1n) is 4.40. The van der Waals surface area contributed by atoms with Gasteiger partial charge in [-0.3, -0.25) is 0 Å². The van der Waals surface area contributed by atoms with Crippen molar-refractivity contribution >= 4 is 5.69 Å². The van der Waals surface area contributed by atoms with E-state index in [0.717, 1.165) is 12.2 Å². The quantitative estimate of drug-likeness (QED) is 0.703. The molecule has 1 aromatic rings. The Kier molecular flexibility index (Phi) is 3.33. The average molecular weight is 174 g/mol. The molecular weight excluding hydrogens is 160 g/mol. The second kappa shape index (κ2) is 4.51. The Balaban J connectivity index is 2.60. The zero-order chi connectivity index (χ0) is 9.68. The molecule has 0 aromatic heterocycles. The molecule has 0 radical (unpaired) electrons. The van der Waals surface area contributed by atoms with E-state index in [4.69, 9.17) is 5.26 Å². The Labute approximate surface area is 79.4 Å². The molecule has 0 saturated heterocycles. The second-order valence-electron chi connectivity index (χ2n) is 3.25. The van der Waals surface area contributed by atoms with Crippen LogP contribution in [-0.2, 0) is 0 Å². The van der Waals surface area contributed by atoms with Crippen LogP contribution in [0.5, 0.6) is 0 Å². The molecule has 2 heteroatoms. The lowest BCUT2D eigenvalue weighted by Crippen LogP contribution is -2.22. The van der Waals surface area contributed by atoms with Crippen LogP contribution in [0.3, 0.4) is 0 Å². The van der Waals surface area contributed by atoms with E-state index >= 15 is 0 Å². The summed E-state index contributed by atoms with van der Waals surface area (Å²) in [5.41, 5.74) is 1.16. The van der Waals surface area contributed by atoms with Gasteiger partial charge in [-0.25, -0.2) is 0 Å². The maximum absolute atomic E-state index is 8.65. The van der Waals surface area contributed by atoms with Crippen LogP contribution in [0.2, 0.25) is 0 Å². The molecule has 0 N–H and O–H groups in total. The summed E-state index contributed by atoms with van der Waals surface area (Å²) in [6.45, 7) is 2.71. The molecule has 1 aromatic carbocycles. The fourth-order valence-electron chi connectivity index (χ4n) is 1.24. The van der Waals surface area contributed by atoms with Crippen molar-refractivity contribution in [1.29, 1.82) is 5.26 Å². The molecule has 0 saturated carbocycles. The first kappa shape index (κ1) is 9.60. The number of hydrogen-bond donors (Lipinski definition) is 0. The zero-order valence-electron chi connectivity index (χ0n) is 8.07. The maximum atomic E-state index is 8.65. The van der Waals surface area contributed by atoms with Gasteiger partial charge >= 0.3 is 0 Å². The highest BCUT2D eigenvalue weighted by molar-refractivity contribution is 5.45. The van der Waals surface area contributed by atoms with Crippen LogP contribution >= 0.6 is 0 Å². The molecule has 0 spiro atoms. The van der Waals surface area contributed by atoms with Gasteiger partial charge in [-0.1, -0.05) is 18.2 Å². The third kappa shape index (κ3) is 2.79. The number of nitrogens with zero attached hydrogens (tertiary/aromatic N) is 2. The predicted molar refractivity (Wildman–Crippen MR) is 54.5 cm³/mol. The molecule has 0 aliphatic rings. The highest BCUT2D eigenvalue weighted by Crippen LogP contribution is 2.12. The van der Waals surface area contributed by atoms with Gasteiger partial charge in [0.05, 0.1) is 12.0 Å². The third-order valence-corrected chi connectivity index (χ3v) is 1.97. The van der Waals surface area contributed by atoms with Crippen LogP contribution in [0.15, 0.2) is 30.3 Å². The van der Waals surface area contributed by atoms with Gasteiger partial charge in [-0.15, -0.1) is 0 Å². The zero-order valence-corrected chi connectivity index (χ0v) is 8.07. The lowest BCUT2D eigenvalue weighted by molar-refractivity contribution is 0.716. The Morgan fingerprint density at radius 2 is 2.00 bits per heavy atom. The van der Waals surface area contributed by atoms with Crippen molar-refractivity contribution in [3.63, 3.8) is 0 Å². The predicted octanol–water partition coefficient (Wildman–Crippen LogP) is 2.28. The van der Waals surface area contributed by atoms with E-state index in [1.165, 1.54) is 0 Å². The largest absolute Gasteiger partial charge is 0.373 e. The Bertz CT molecular complexity index is 287. The molecule has 0 aliphatic heterocycles. The van der Waals surface area contributed by atoms with Crippen LogP contribution in [0, 0.1) is 17.2 Å². The van der Waals surface area contributed by atoms with Crippen molar-refractivity contribution in [3.05, 3.63) is 30.3 Å². The van der Waals surface area contributed by atoms with E-state index < -0.39 is 0 Å². The van der Waals surface area contributed by atoms with Crippen molar-refractivity contribution in [2.24, 2.45) is 5.92 Å². The summed E-state index contributed by atoms with van der Waals surface area (Å²) in [5, 5.41) is 8.65. The minimum atomic E-state index is 0.0743. The summed E-state index contributed by atoms with van der Waals surface area (Å²) < 4.78 is 0. The smallest absolute Gasteiger partial charge is 0.0671 e. The van der Waals surface area contributed by atoms with Crippen LogP contribution in [-0.4, -0.2) is 13.6 Å². The molecular formula is C11H14N2. The molecule has 0 aliphatic carbocycles. The summed E-state index contributed by atoms with van der Waals surface area (Å²) in [6.07, 6.45) is 0. The van der Waals surface area contributed by atoms with Gasteiger partial charge < -0.3 is 4.90 Å². The van der Waals surface area contributed by atoms with E-state index in [0.29, 0.717) is 0 Å². The fourth-order valence-corrected chi connectivity index (χ4v) is 1.24. The van der Waals surface area contributed by atoms with Gasteiger partial charge in [0.25, 0.3) is 0 Å². The number of hydrogen-bond acceptors (Lipinski definition) is 2. The highest BCUT2D eigenvalue weighted by atomic mass is 15.1. The summed E-state index contributed by atoms with van der Waals surface area (Å²) in [5.74, 6) is 0.0743. The van der Waals surface area contributed by atoms with Crippen molar-refractivity contribution in [2.45, 2.75) is 6.92 Å². The molecule has 1 rings (SSSR count). The van der Waals surface area contributed by atoms with Gasteiger partial charge in [0.15, 0.2) is 0 Å². The lowest BCUT2D eigenvalue weighted by Gasteiger charge is -2.19. The van der Waals surface area contributed by atoms with E-state index in [2.05, 4.69) is 11.0 Å². The SMILES string of the molecule is CC(C#N)CN(C)c1ccccc1. The molecule has 0 fully saturated rings. The summed E-state index contributed by atoms with van der Waals surface area (Å²) in [6, 6.07) is 12.3. The Hall–Kier alpha value is -1.49. The van der Waals surface area contributed by atoms with Crippen LogP contribution in [0.4, 0.5) is 5.69 Å². The molecule has 2 nitrogen and oxygen atoms in total. The topological polar surface area (TPSA) is 27.0 Å².